The number of benzene rings is 2. The number of hydrogen-bond acceptors (Lipinski definition) is 7. The van der Waals surface area contributed by atoms with Gasteiger partial charge in [0.1, 0.15) is 11.4 Å². The van der Waals surface area contributed by atoms with Gasteiger partial charge in [-0.3, -0.25) is 14.6 Å². The van der Waals surface area contributed by atoms with E-state index in [0.29, 0.717) is 43.1 Å². The number of aryl methyl sites for hydroxylation is 1. The SMILES string of the molecule is CCn1c(NCCN2CCCC2)c(C(=O)NCCN2CCCC2)c(=O)c2ccc(-c3ccc(NC(=O)NCc4cccnc4)cc3)cc21. The fourth-order valence-electron chi connectivity index (χ4n) is 6.71. The zero-order valence-electron chi connectivity index (χ0n) is 27.8. The number of anilines is 2. The molecule has 48 heavy (non-hydrogen) atoms. The Labute approximate surface area is 281 Å². The summed E-state index contributed by atoms with van der Waals surface area (Å²) in [6.07, 6.45) is 8.22. The molecule has 4 N–H and O–H groups in total. The second-order valence-corrected chi connectivity index (χ2v) is 12.6. The van der Waals surface area contributed by atoms with Gasteiger partial charge in [0, 0.05) is 62.7 Å². The number of nitrogens with one attached hydrogen (secondary N) is 4. The maximum absolute atomic E-state index is 14.1. The van der Waals surface area contributed by atoms with Gasteiger partial charge in [-0.25, -0.2) is 4.79 Å². The molecule has 2 aromatic carbocycles. The van der Waals surface area contributed by atoms with Gasteiger partial charge in [0.05, 0.1) is 5.52 Å². The van der Waals surface area contributed by atoms with Gasteiger partial charge in [-0.2, -0.15) is 0 Å². The fourth-order valence-corrected chi connectivity index (χ4v) is 6.71. The lowest BCUT2D eigenvalue weighted by atomic mass is 10.0. The number of aromatic nitrogens is 2. The van der Waals surface area contributed by atoms with Gasteiger partial charge in [0.2, 0.25) is 5.43 Å². The number of rotatable bonds is 13. The first-order valence-electron chi connectivity index (χ1n) is 17.2. The van der Waals surface area contributed by atoms with Crippen molar-refractivity contribution in [1.29, 1.82) is 0 Å². The molecule has 0 aliphatic carbocycles. The maximum atomic E-state index is 14.1. The van der Waals surface area contributed by atoms with Crippen LogP contribution >= 0.6 is 0 Å². The summed E-state index contributed by atoms with van der Waals surface area (Å²) in [4.78, 5) is 49.0. The van der Waals surface area contributed by atoms with Crippen LogP contribution in [0.4, 0.5) is 16.3 Å². The molecule has 11 nitrogen and oxygen atoms in total. The van der Waals surface area contributed by atoms with Crippen molar-refractivity contribution in [2.75, 3.05) is 63.0 Å². The Bertz CT molecular complexity index is 1760. The van der Waals surface area contributed by atoms with Gasteiger partial charge in [0.25, 0.3) is 5.91 Å². The molecule has 2 saturated heterocycles. The van der Waals surface area contributed by atoms with Crippen LogP contribution in [-0.4, -0.2) is 83.6 Å². The van der Waals surface area contributed by atoms with E-state index in [4.69, 9.17) is 0 Å². The van der Waals surface area contributed by atoms with E-state index in [0.717, 1.165) is 61.5 Å². The highest BCUT2D eigenvalue weighted by molar-refractivity contribution is 6.03. The lowest BCUT2D eigenvalue weighted by molar-refractivity contribution is 0.0949. The van der Waals surface area contributed by atoms with Crippen molar-refractivity contribution in [2.24, 2.45) is 0 Å². The minimum Gasteiger partial charge on any atom is -0.369 e. The summed E-state index contributed by atoms with van der Waals surface area (Å²) in [7, 11) is 0. The Kier molecular flexibility index (Phi) is 11.0. The van der Waals surface area contributed by atoms with Crippen LogP contribution in [0.15, 0.2) is 71.8 Å². The Balaban J connectivity index is 1.23. The molecule has 4 heterocycles. The van der Waals surface area contributed by atoms with Gasteiger partial charge in [-0.1, -0.05) is 24.3 Å². The lowest BCUT2D eigenvalue weighted by Gasteiger charge is -2.22. The van der Waals surface area contributed by atoms with Gasteiger partial charge >= 0.3 is 6.03 Å². The van der Waals surface area contributed by atoms with Crippen molar-refractivity contribution in [3.8, 4) is 11.1 Å². The molecule has 0 spiro atoms. The summed E-state index contributed by atoms with van der Waals surface area (Å²) in [5.74, 6) is 0.241. The number of likely N-dealkylation sites (tertiary alicyclic amines) is 2. The minimum absolute atomic E-state index is 0.178. The minimum atomic E-state index is -0.330. The number of amides is 3. The fraction of sp³-hybridized carbons (Fsp3) is 0.405. The molecule has 0 saturated carbocycles. The Hall–Kier alpha value is -4.74. The van der Waals surface area contributed by atoms with Crippen LogP contribution in [0.1, 0.15) is 48.5 Å². The highest BCUT2D eigenvalue weighted by Crippen LogP contribution is 2.28. The molecule has 0 radical (unpaired) electrons. The third kappa shape index (κ3) is 8.03. The zero-order valence-corrected chi connectivity index (χ0v) is 27.8. The molecule has 252 valence electrons. The molecule has 0 bridgehead atoms. The van der Waals surface area contributed by atoms with Gasteiger partial charge in [0.15, 0.2) is 0 Å². The molecule has 0 atom stereocenters. The van der Waals surface area contributed by atoms with E-state index in [1.807, 2.05) is 61.5 Å². The second-order valence-electron chi connectivity index (χ2n) is 12.6. The number of fused-ring (bicyclic) bond motifs is 1. The van der Waals surface area contributed by atoms with E-state index in [-0.39, 0.29) is 22.9 Å². The van der Waals surface area contributed by atoms with E-state index in [1.54, 1.807) is 12.4 Å². The first kappa shape index (κ1) is 33.2. The Morgan fingerprint density at radius 3 is 2.19 bits per heavy atom. The normalized spacial score (nSPS) is 15.1. The first-order valence-corrected chi connectivity index (χ1v) is 17.2. The summed E-state index contributed by atoms with van der Waals surface area (Å²) in [6.45, 7) is 10.1. The van der Waals surface area contributed by atoms with E-state index >= 15 is 0 Å². The van der Waals surface area contributed by atoms with Crippen LogP contribution in [0, 0.1) is 0 Å². The Morgan fingerprint density at radius 2 is 1.52 bits per heavy atom. The average Bonchev–Trinajstić information content (AvgIpc) is 3.83. The number of nitrogens with zero attached hydrogens (tertiary/aromatic N) is 4. The largest absolute Gasteiger partial charge is 0.369 e. The van der Waals surface area contributed by atoms with E-state index < -0.39 is 0 Å². The molecule has 3 amide bonds. The second kappa shape index (κ2) is 15.9. The summed E-state index contributed by atoms with van der Waals surface area (Å²) >= 11 is 0. The summed E-state index contributed by atoms with van der Waals surface area (Å²) < 4.78 is 2.06. The van der Waals surface area contributed by atoms with Crippen molar-refractivity contribution in [3.63, 3.8) is 0 Å². The summed E-state index contributed by atoms with van der Waals surface area (Å²) in [5.41, 5.74) is 4.15. The van der Waals surface area contributed by atoms with Crippen LogP contribution in [-0.2, 0) is 13.1 Å². The van der Waals surface area contributed by atoms with Crippen LogP contribution < -0.4 is 26.7 Å². The molecule has 6 rings (SSSR count). The predicted molar refractivity (Wildman–Crippen MR) is 192 cm³/mol. The molecule has 2 fully saturated rings. The number of urea groups is 1. The number of pyridine rings is 2. The third-order valence-corrected chi connectivity index (χ3v) is 9.29. The van der Waals surface area contributed by atoms with Gasteiger partial charge < -0.3 is 35.6 Å². The van der Waals surface area contributed by atoms with Gasteiger partial charge in [-0.15, -0.1) is 0 Å². The molecular formula is C37H46N8O3. The monoisotopic (exact) mass is 650 g/mol. The highest BCUT2D eigenvalue weighted by atomic mass is 16.2. The molecule has 0 unspecified atom stereocenters. The van der Waals surface area contributed by atoms with Crippen LogP contribution in [0.25, 0.3) is 22.0 Å². The summed E-state index contributed by atoms with van der Waals surface area (Å²) in [6, 6.07) is 16.8. The van der Waals surface area contributed by atoms with Crippen LogP contribution in [0.3, 0.4) is 0 Å². The molecule has 2 aliphatic rings. The smallest absolute Gasteiger partial charge is 0.319 e. The molecule has 2 aliphatic heterocycles. The van der Waals surface area contributed by atoms with Gasteiger partial charge in [-0.05, 0) is 106 Å². The van der Waals surface area contributed by atoms with Crippen LogP contribution in [0.2, 0.25) is 0 Å². The quantitative estimate of drug-likeness (QED) is 0.165. The lowest BCUT2D eigenvalue weighted by Crippen LogP contribution is -2.37. The average molecular weight is 651 g/mol. The molecule has 2 aromatic heterocycles. The van der Waals surface area contributed by atoms with E-state index in [1.165, 1.54) is 25.7 Å². The van der Waals surface area contributed by atoms with E-state index in [2.05, 4.69) is 40.6 Å². The van der Waals surface area contributed by atoms with Crippen molar-refractivity contribution in [2.45, 2.75) is 45.7 Å². The number of hydrogen-bond donors (Lipinski definition) is 4. The molecular weight excluding hydrogens is 604 g/mol. The zero-order chi connectivity index (χ0) is 33.3. The van der Waals surface area contributed by atoms with Crippen LogP contribution in [0.5, 0.6) is 0 Å². The van der Waals surface area contributed by atoms with Crippen molar-refractivity contribution in [3.05, 3.63) is 88.3 Å². The first-order chi connectivity index (χ1) is 23.5. The van der Waals surface area contributed by atoms with E-state index in [9.17, 15) is 14.4 Å². The summed E-state index contributed by atoms with van der Waals surface area (Å²) in [5, 5.41) is 12.8. The number of carbonyl (C=O) groups excluding carboxylic acids is 2. The standard InChI is InChI=1S/C37H46N8O3/c1-2-45-32-24-29(28-9-12-30(13-10-28)42-37(48)41-26-27-8-7-15-38-25-27)11-14-31(32)34(46)33(35(45)39-16-22-43-18-3-4-19-43)36(47)40-17-23-44-20-5-6-21-44/h7-15,24-25,39H,2-6,16-23,26H2,1H3,(H,40,47)(H2,41,42,48). The highest BCUT2D eigenvalue weighted by Gasteiger charge is 2.23. The predicted octanol–water partition coefficient (Wildman–Crippen LogP) is 4.74. The van der Waals surface area contributed by atoms with Crippen molar-refractivity contribution < 1.29 is 9.59 Å². The molecule has 11 heteroatoms. The third-order valence-electron chi connectivity index (χ3n) is 9.29. The maximum Gasteiger partial charge on any atom is 0.319 e. The topological polar surface area (TPSA) is 124 Å². The number of carbonyl (C=O) groups is 2. The van der Waals surface area contributed by atoms with Crippen molar-refractivity contribution >= 4 is 34.3 Å². The Morgan fingerprint density at radius 1 is 0.833 bits per heavy atom. The molecule has 4 aromatic rings. The van der Waals surface area contributed by atoms with Crippen molar-refractivity contribution in [1.82, 2.24) is 30.0 Å².